The van der Waals surface area contributed by atoms with Crippen LogP contribution in [0.4, 0.5) is 0 Å². The number of carbonyl (C=O) groups excluding carboxylic acids is 1. The van der Waals surface area contributed by atoms with Crippen LogP contribution in [0.25, 0.3) is 0 Å². The van der Waals surface area contributed by atoms with Crippen LogP contribution in [-0.4, -0.2) is 18.0 Å². The van der Waals surface area contributed by atoms with Crippen LogP contribution >= 0.6 is 23.2 Å². The summed E-state index contributed by atoms with van der Waals surface area (Å²) in [6.07, 6.45) is 4.39. The lowest BCUT2D eigenvalue weighted by molar-refractivity contribution is -0.128. The minimum Gasteiger partial charge on any atom is -0.354 e. The maximum Gasteiger partial charge on any atom is 0.240 e. The number of benzene rings is 1. The van der Waals surface area contributed by atoms with Crippen LogP contribution in [0.2, 0.25) is 10.0 Å². The van der Waals surface area contributed by atoms with Gasteiger partial charge < -0.3 is 11.1 Å². The van der Waals surface area contributed by atoms with Gasteiger partial charge in [-0.05, 0) is 42.9 Å². The molecule has 1 aliphatic carbocycles. The smallest absolute Gasteiger partial charge is 0.240 e. The fourth-order valence-corrected chi connectivity index (χ4v) is 3.51. The quantitative estimate of drug-likeness (QED) is 0.887. The summed E-state index contributed by atoms with van der Waals surface area (Å²) in [5, 5.41) is 4.19. The lowest BCUT2D eigenvalue weighted by Crippen LogP contribution is -2.56. The molecule has 0 bridgehead atoms. The second-order valence-corrected chi connectivity index (χ2v) is 6.94. The molecule has 0 spiro atoms. The van der Waals surface area contributed by atoms with Crippen molar-refractivity contribution in [2.45, 2.75) is 44.6 Å². The first-order chi connectivity index (χ1) is 9.90. The Balaban J connectivity index is 1.86. The molecule has 3 N–H and O–H groups in total. The molecule has 0 aromatic heterocycles. The van der Waals surface area contributed by atoms with E-state index in [-0.39, 0.29) is 5.91 Å². The van der Waals surface area contributed by atoms with Crippen molar-refractivity contribution in [1.29, 1.82) is 0 Å². The number of rotatable bonds is 4. The van der Waals surface area contributed by atoms with E-state index in [2.05, 4.69) is 12.2 Å². The molecular formula is C16H22Cl2N2O. The summed E-state index contributed by atoms with van der Waals surface area (Å²) in [5.74, 6) is 0.472. The first kappa shape index (κ1) is 16.6. The number of amides is 1. The van der Waals surface area contributed by atoms with Gasteiger partial charge in [-0.2, -0.15) is 0 Å². The Morgan fingerprint density at radius 2 is 2.24 bits per heavy atom. The van der Waals surface area contributed by atoms with Gasteiger partial charge in [0, 0.05) is 16.6 Å². The van der Waals surface area contributed by atoms with E-state index in [0.717, 1.165) is 31.2 Å². The largest absolute Gasteiger partial charge is 0.354 e. The summed E-state index contributed by atoms with van der Waals surface area (Å²) < 4.78 is 0. The van der Waals surface area contributed by atoms with Crippen molar-refractivity contribution in [1.82, 2.24) is 5.32 Å². The van der Waals surface area contributed by atoms with Crippen molar-refractivity contribution < 1.29 is 4.79 Å². The average molecular weight is 329 g/mol. The molecule has 2 atom stereocenters. The normalized spacial score (nSPS) is 25.6. The van der Waals surface area contributed by atoms with E-state index in [1.807, 2.05) is 6.07 Å². The number of nitrogens with two attached hydrogens (primary N) is 1. The van der Waals surface area contributed by atoms with Gasteiger partial charge in [-0.1, -0.05) is 49.0 Å². The summed E-state index contributed by atoms with van der Waals surface area (Å²) in [4.78, 5) is 12.3. The summed E-state index contributed by atoms with van der Waals surface area (Å²) in [6.45, 7) is 2.69. The van der Waals surface area contributed by atoms with Gasteiger partial charge >= 0.3 is 0 Å². The molecule has 0 aliphatic heterocycles. The lowest BCUT2D eigenvalue weighted by Gasteiger charge is -2.35. The third-order valence-electron chi connectivity index (χ3n) is 4.18. The van der Waals surface area contributed by atoms with E-state index in [9.17, 15) is 4.79 Å². The second-order valence-electron chi connectivity index (χ2n) is 6.10. The van der Waals surface area contributed by atoms with E-state index >= 15 is 0 Å². The molecule has 5 heteroatoms. The Kier molecular flexibility index (Phi) is 5.53. The maximum absolute atomic E-state index is 12.3. The van der Waals surface area contributed by atoms with Gasteiger partial charge in [0.05, 0.1) is 5.54 Å². The number of hydrogen-bond acceptors (Lipinski definition) is 2. The molecule has 2 rings (SSSR count). The van der Waals surface area contributed by atoms with Crippen LogP contribution in [0, 0.1) is 5.92 Å². The molecule has 1 aromatic rings. The summed E-state index contributed by atoms with van der Waals surface area (Å²) >= 11 is 12.0. The Hall–Kier alpha value is -0.770. The molecule has 116 valence electrons. The van der Waals surface area contributed by atoms with Crippen molar-refractivity contribution in [3.63, 3.8) is 0 Å². The van der Waals surface area contributed by atoms with Gasteiger partial charge in [0.2, 0.25) is 5.91 Å². The van der Waals surface area contributed by atoms with Gasteiger partial charge in [0.25, 0.3) is 0 Å². The number of nitrogens with one attached hydrogen (secondary N) is 1. The predicted molar refractivity (Wildman–Crippen MR) is 87.7 cm³/mol. The number of hydrogen-bond donors (Lipinski definition) is 2. The summed E-state index contributed by atoms with van der Waals surface area (Å²) in [6, 6.07) is 5.41. The second kappa shape index (κ2) is 6.99. The van der Waals surface area contributed by atoms with E-state index in [4.69, 9.17) is 28.9 Å². The highest BCUT2D eigenvalue weighted by Gasteiger charge is 2.37. The highest BCUT2D eigenvalue weighted by molar-refractivity contribution is 6.35. The molecule has 0 radical (unpaired) electrons. The van der Waals surface area contributed by atoms with Crippen LogP contribution in [-0.2, 0) is 11.2 Å². The SMILES string of the molecule is CC1CCCC(N)(C(=O)NCCc2ccc(Cl)cc2Cl)C1. The molecule has 1 amide bonds. The van der Waals surface area contributed by atoms with E-state index in [0.29, 0.717) is 28.9 Å². The molecule has 1 fully saturated rings. The Morgan fingerprint density at radius 1 is 1.48 bits per heavy atom. The van der Waals surface area contributed by atoms with E-state index in [1.54, 1.807) is 12.1 Å². The van der Waals surface area contributed by atoms with Crippen molar-refractivity contribution in [2.24, 2.45) is 11.7 Å². The number of carbonyl (C=O) groups is 1. The van der Waals surface area contributed by atoms with Crippen LogP contribution < -0.4 is 11.1 Å². The topological polar surface area (TPSA) is 55.1 Å². The zero-order chi connectivity index (χ0) is 15.5. The maximum atomic E-state index is 12.3. The Bertz CT molecular complexity index is 521. The Labute approximate surface area is 136 Å². The van der Waals surface area contributed by atoms with Gasteiger partial charge in [0.1, 0.15) is 0 Å². The first-order valence-electron chi connectivity index (χ1n) is 7.42. The highest BCUT2D eigenvalue weighted by atomic mass is 35.5. The lowest BCUT2D eigenvalue weighted by atomic mass is 9.76. The molecule has 21 heavy (non-hydrogen) atoms. The van der Waals surface area contributed by atoms with Crippen molar-refractivity contribution in [3.8, 4) is 0 Å². The molecule has 0 heterocycles. The molecule has 1 aliphatic rings. The Morgan fingerprint density at radius 3 is 2.90 bits per heavy atom. The van der Waals surface area contributed by atoms with Crippen LogP contribution in [0.15, 0.2) is 18.2 Å². The molecule has 3 nitrogen and oxygen atoms in total. The van der Waals surface area contributed by atoms with Crippen LogP contribution in [0.1, 0.15) is 38.2 Å². The third kappa shape index (κ3) is 4.35. The fraction of sp³-hybridized carbons (Fsp3) is 0.562. The van der Waals surface area contributed by atoms with E-state index in [1.165, 1.54) is 0 Å². The van der Waals surface area contributed by atoms with Crippen molar-refractivity contribution >= 4 is 29.1 Å². The average Bonchev–Trinajstić information content (AvgIpc) is 2.40. The molecular weight excluding hydrogens is 307 g/mol. The van der Waals surface area contributed by atoms with Gasteiger partial charge in [-0.25, -0.2) is 0 Å². The van der Waals surface area contributed by atoms with Gasteiger partial charge in [0.15, 0.2) is 0 Å². The summed E-state index contributed by atoms with van der Waals surface area (Å²) in [5.41, 5.74) is 6.54. The minimum atomic E-state index is -0.707. The first-order valence-corrected chi connectivity index (χ1v) is 8.17. The highest BCUT2D eigenvalue weighted by Crippen LogP contribution is 2.30. The minimum absolute atomic E-state index is 0.0425. The molecule has 0 saturated heterocycles. The summed E-state index contributed by atoms with van der Waals surface area (Å²) in [7, 11) is 0. The molecule has 1 saturated carbocycles. The van der Waals surface area contributed by atoms with Crippen molar-refractivity contribution in [3.05, 3.63) is 33.8 Å². The van der Waals surface area contributed by atoms with Gasteiger partial charge in [-0.3, -0.25) is 4.79 Å². The fourth-order valence-electron chi connectivity index (χ4n) is 3.01. The molecule has 1 aromatic carbocycles. The number of halogens is 2. The zero-order valence-electron chi connectivity index (χ0n) is 12.3. The van der Waals surface area contributed by atoms with Gasteiger partial charge in [-0.15, -0.1) is 0 Å². The monoisotopic (exact) mass is 328 g/mol. The third-order valence-corrected chi connectivity index (χ3v) is 4.77. The predicted octanol–water partition coefficient (Wildman–Crippen LogP) is 3.56. The zero-order valence-corrected chi connectivity index (χ0v) is 13.8. The van der Waals surface area contributed by atoms with Crippen LogP contribution in [0.5, 0.6) is 0 Å². The standard InChI is InChI=1S/C16H22Cl2N2O/c1-11-3-2-7-16(19,10-11)15(21)20-8-6-12-4-5-13(17)9-14(12)18/h4-5,9,11H,2-3,6-8,10,19H2,1H3,(H,20,21). The van der Waals surface area contributed by atoms with Crippen LogP contribution in [0.3, 0.4) is 0 Å². The molecule has 2 unspecified atom stereocenters. The van der Waals surface area contributed by atoms with E-state index < -0.39 is 5.54 Å². The van der Waals surface area contributed by atoms with Crippen molar-refractivity contribution in [2.75, 3.05) is 6.54 Å².